The lowest BCUT2D eigenvalue weighted by molar-refractivity contribution is 0.571. The second kappa shape index (κ2) is 5.56. The van der Waals surface area contributed by atoms with Crippen molar-refractivity contribution in [2.75, 3.05) is 11.0 Å². The number of hydrogen-bond acceptors (Lipinski definition) is 5. The van der Waals surface area contributed by atoms with E-state index < -0.39 is 30.6 Å². The van der Waals surface area contributed by atoms with Crippen molar-refractivity contribution in [3.05, 3.63) is 40.5 Å². The van der Waals surface area contributed by atoms with Gasteiger partial charge in [-0.25, -0.2) is 21.2 Å². The first-order valence-electron chi connectivity index (χ1n) is 5.37. The van der Waals surface area contributed by atoms with E-state index in [2.05, 4.69) is 4.72 Å². The molecule has 0 atom stereocenters. The highest BCUT2D eigenvalue weighted by Gasteiger charge is 2.19. The third kappa shape index (κ3) is 3.73. The Kier molecular flexibility index (Phi) is 4.29. The van der Waals surface area contributed by atoms with E-state index in [0.717, 1.165) is 29.7 Å². The van der Waals surface area contributed by atoms with Gasteiger partial charge in [0.2, 0.25) is 0 Å². The van der Waals surface area contributed by atoms with Crippen molar-refractivity contribution in [1.82, 2.24) is 0 Å². The zero-order valence-corrected chi connectivity index (χ0v) is 13.7. The van der Waals surface area contributed by atoms with Gasteiger partial charge in [0.15, 0.2) is 9.84 Å². The van der Waals surface area contributed by atoms with Crippen LogP contribution in [0.2, 0.25) is 4.34 Å². The number of halogens is 2. The second-order valence-corrected chi connectivity index (χ2v) is 9.69. The van der Waals surface area contributed by atoms with Crippen LogP contribution in [0.1, 0.15) is 0 Å². The molecule has 0 bridgehead atoms. The molecular weight excluding hydrogens is 361 g/mol. The van der Waals surface area contributed by atoms with E-state index in [1.54, 1.807) is 0 Å². The second-order valence-electron chi connectivity index (χ2n) is 4.08. The molecule has 0 spiro atoms. The maximum absolute atomic E-state index is 13.7. The van der Waals surface area contributed by atoms with Crippen molar-refractivity contribution in [3.8, 4) is 0 Å². The monoisotopic (exact) mass is 369 g/mol. The molecule has 10 heteroatoms. The van der Waals surface area contributed by atoms with Gasteiger partial charge in [-0.15, -0.1) is 11.3 Å². The average molecular weight is 370 g/mol. The molecule has 21 heavy (non-hydrogen) atoms. The van der Waals surface area contributed by atoms with Gasteiger partial charge in [-0.3, -0.25) is 4.72 Å². The molecule has 0 fully saturated rings. The van der Waals surface area contributed by atoms with E-state index in [9.17, 15) is 21.2 Å². The van der Waals surface area contributed by atoms with Crippen LogP contribution in [0.25, 0.3) is 0 Å². The molecule has 1 aromatic heterocycles. The summed E-state index contributed by atoms with van der Waals surface area (Å²) in [5.74, 6) is -1.03. The van der Waals surface area contributed by atoms with Gasteiger partial charge in [0.05, 0.1) is 10.0 Å². The summed E-state index contributed by atoms with van der Waals surface area (Å²) in [6.07, 6.45) is 0.864. The van der Waals surface area contributed by atoms with Crippen LogP contribution in [0.3, 0.4) is 0 Å². The van der Waals surface area contributed by atoms with Crippen LogP contribution in [0, 0.1) is 5.82 Å². The number of rotatable bonds is 4. The molecule has 0 amide bonds. The number of sulfonamides is 1. The van der Waals surface area contributed by atoms with Gasteiger partial charge in [0.25, 0.3) is 10.0 Å². The predicted octanol–water partition coefficient (Wildman–Crippen LogP) is 2.74. The minimum Gasteiger partial charge on any atom is -0.279 e. The Morgan fingerprint density at radius 2 is 1.81 bits per heavy atom. The zero-order chi connectivity index (χ0) is 15.8. The lowest BCUT2D eigenvalue weighted by atomic mass is 10.3. The number of nitrogens with one attached hydrogen (secondary N) is 1. The van der Waals surface area contributed by atoms with Gasteiger partial charge >= 0.3 is 0 Å². The highest BCUT2D eigenvalue weighted by molar-refractivity contribution is 7.94. The van der Waals surface area contributed by atoms with Crippen molar-refractivity contribution in [2.24, 2.45) is 0 Å². The maximum atomic E-state index is 13.7. The fraction of sp³-hybridized carbons (Fsp3) is 0.0909. The van der Waals surface area contributed by atoms with Crippen LogP contribution in [0.15, 0.2) is 39.4 Å². The fourth-order valence-electron chi connectivity index (χ4n) is 1.51. The summed E-state index contributed by atoms with van der Waals surface area (Å²) in [7, 11) is -7.60. The molecule has 114 valence electrons. The molecule has 5 nitrogen and oxygen atoms in total. The Balaban J connectivity index is 2.35. The van der Waals surface area contributed by atoms with Gasteiger partial charge in [0.1, 0.15) is 14.9 Å². The van der Waals surface area contributed by atoms with Crippen molar-refractivity contribution in [3.63, 3.8) is 0 Å². The van der Waals surface area contributed by atoms with E-state index in [0.29, 0.717) is 4.34 Å². The number of benzene rings is 1. The summed E-state index contributed by atoms with van der Waals surface area (Å²) in [6, 6.07) is 5.73. The molecule has 0 saturated carbocycles. The lowest BCUT2D eigenvalue weighted by Crippen LogP contribution is -2.12. The van der Waals surface area contributed by atoms with Crippen LogP contribution in [0.4, 0.5) is 10.1 Å². The molecule has 1 N–H and O–H groups in total. The molecule has 0 aliphatic carbocycles. The fourth-order valence-corrected chi connectivity index (χ4v) is 4.77. The minimum absolute atomic E-state index is 0.0277. The SMILES string of the molecule is CS(=O)(=O)c1ccc(NS(=O)(=O)c2ccc(Cl)s2)cc1F. The van der Waals surface area contributed by atoms with Crippen LogP contribution in [-0.4, -0.2) is 23.1 Å². The van der Waals surface area contributed by atoms with Gasteiger partial charge in [0, 0.05) is 6.26 Å². The van der Waals surface area contributed by atoms with Crippen LogP contribution < -0.4 is 4.72 Å². The van der Waals surface area contributed by atoms with E-state index >= 15 is 0 Å². The Bertz CT molecular complexity index is 890. The van der Waals surface area contributed by atoms with E-state index in [4.69, 9.17) is 11.6 Å². The summed E-state index contributed by atoms with van der Waals surface area (Å²) in [5.41, 5.74) is -0.0792. The largest absolute Gasteiger partial charge is 0.279 e. The summed E-state index contributed by atoms with van der Waals surface area (Å²) in [6.45, 7) is 0. The molecule has 1 heterocycles. The summed E-state index contributed by atoms with van der Waals surface area (Å²) in [4.78, 5) is -0.496. The predicted molar refractivity (Wildman–Crippen MR) is 79.6 cm³/mol. The van der Waals surface area contributed by atoms with Gasteiger partial charge in [-0.05, 0) is 30.3 Å². The van der Waals surface area contributed by atoms with Crippen LogP contribution in [-0.2, 0) is 19.9 Å². The molecular formula is C11H9ClFNO4S3. The number of sulfone groups is 1. The third-order valence-corrected chi connectivity index (χ3v) is 6.63. The van der Waals surface area contributed by atoms with E-state index in [1.807, 2.05) is 0 Å². The van der Waals surface area contributed by atoms with Crippen molar-refractivity contribution >= 4 is 48.5 Å². The quantitative estimate of drug-likeness (QED) is 0.898. The summed E-state index contributed by atoms with van der Waals surface area (Å²) < 4.78 is 62.7. The van der Waals surface area contributed by atoms with Crippen molar-refractivity contribution in [1.29, 1.82) is 0 Å². The van der Waals surface area contributed by atoms with Crippen molar-refractivity contribution in [2.45, 2.75) is 9.10 Å². The topological polar surface area (TPSA) is 80.3 Å². The van der Waals surface area contributed by atoms with E-state index in [1.165, 1.54) is 18.2 Å². The Morgan fingerprint density at radius 3 is 2.29 bits per heavy atom. The maximum Gasteiger partial charge on any atom is 0.271 e. The Labute approximate surface area is 130 Å². The molecule has 1 aromatic carbocycles. The first-order valence-corrected chi connectivity index (χ1v) is 9.94. The highest BCUT2D eigenvalue weighted by atomic mass is 35.5. The first-order chi connectivity index (χ1) is 9.59. The molecule has 0 radical (unpaired) electrons. The average Bonchev–Trinajstić information content (AvgIpc) is 2.74. The number of hydrogen-bond donors (Lipinski definition) is 1. The smallest absolute Gasteiger partial charge is 0.271 e. The standard InChI is InChI=1S/C11H9ClFNO4S3/c1-20(15,16)9-3-2-7(6-8(9)13)14-21(17,18)11-5-4-10(12)19-11/h2-6,14H,1H3. The minimum atomic E-state index is -3.89. The Hall–Kier alpha value is -1.16. The van der Waals surface area contributed by atoms with Crippen LogP contribution >= 0.6 is 22.9 Å². The normalized spacial score (nSPS) is 12.3. The van der Waals surface area contributed by atoms with Gasteiger partial charge < -0.3 is 0 Å². The third-order valence-electron chi connectivity index (χ3n) is 2.40. The van der Waals surface area contributed by atoms with Crippen molar-refractivity contribution < 1.29 is 21.2 Å². The zero-order valence-electron chi connectivity index (χ0n) is 10.5. The lowest BCUT2D eigenvalue weighted by Gasteiger charge is -2.07. The number of thiophene rings is 1. The van der Waals surface area contributed by atoms with Gasteiger partial charge in [-0.2, -0.15) is 0 Å². The van der Waals surface area contributed by atoms with Crippen LogP contribution in [0.5, 0.6) is 0 Å². The molecule has 2 rings (SSSR count). The van der Waals surface area contributed by atoms with E-state index in [-0.39, 0.29) is 9.90 Å². The summed E-state index contributed by atoms with van der Waals surface area (Å²) in [5, 5.41) is 0. The highest BCUT2D eigenvalue weighted by Crippen LogP contribution is 2.28. The summed E-state index contributed by atoms with van der Waals surface area (Å²) >= 11 is 6.52. The molecule has 0 aliphatic rings. The number of anilines is 1. The van der Waals surface area contributed by atoms with Gasteiger partial charge in [-0.1, -0.05) is 11.6 Å². The molecule has 0 unspecified atom stereocenters. The molecule has 0 aliphatic heterocycles. The first kappa shape index (κ1) is 16.2. The molecule has 0 saturated heterocycles. The molecule has 2 aromatic rings. The Morgan fingerprint density at radius 1 is 1.14 bits per heavy atom.